The average molecular weight is 301 g/mol. The zero-order valence-corrected chi connectivity index (χ0v) is 12.9. The molecule has 0 saturated carbocycles. The molecule has 0 aromatic rings. The maximum Gasteiger partial charge on any atom is 0.325 e. The van der Waals surface area contributed by atoms with Crippen LogP contribution in [0.25, 0.3) is 0 Å². The van der Waals surface area contributed by atoms with Crippen molar-refractivity contribution in [3.05, 3.63) is 0 Å². The van der Waals surface area contributed by atoms with Crippen molar-refractivity contribution in [3.8, 4) is 0 Å². The molecule has 21 heavy (non-hydrogen) atoms. The summed E-state index contributed by atoms with van der Waals surface area (Å²) in [7, 11) is 1.28. The zero-order chi connectivity index (χ0) is 16.0. The average Bonchev–Trinajstić information content (AvgIpc) is 2.35. The van der Waals surface area contributed by atoms with E-state index in [2.05, 4.69) is 15.4 Å². The largest absolute Gasteiger partial charge is 0.468 e. The fraction of sp³-hybridized carbons (Fsp3) is 0.769. The smallest absolute Gasteiger partial charge is 0.325 e. The van der Waals surface area contributed by atoms with Crippen LogP contribution in [0, 0.1) is 0 Å². The topological polar surface area (TPSA) is 97.0 Å². The van der Waals surface area contributed by atoms with Gasteiger partial charge in [-0.2, -0.15) is 0 Å². The number of amides is 3. The van der Waals surface area contributed by atoms with Crippen LogP contribution in [-0.2, 0) is 19.1 Å². The summed E-state index contributed by atoms with van der Waals surface area (Å²) in [4.78, 5) is 36.7. The molecule has 120 valence electrons. The van der Waals surface area contributed by atoms with Crippen molar-refractivity contribution < 1.29 is 23.9 Å². The Kier molecular flexibility index (Phi) is 6.10. The maximum absolute atomic E-state index is 11.9. The molecule has 0 bridgehead atoms. The molecule has 1 rings (SSSR count). The Balaban J connectivity index is 2.52. The second kappa shape index (κ2) is 7.37. The van der Waals surface area contributed by atoms with Gasteiger partial charge in [0.05, 0.1) is 26.9 Å². The van der Waals surface area contributed by atoms with Crippen molar-refractivity contribution in [1.82, 2.24) is 15.5 Å². The molecule has 1 atom stereocenters. The Morgan fingerprint density at radius 1 is 1.33 bits per heavy atom. The third-order valence-corrected chi connectivity index (χ3v) is 2.80. The first-order valence-electron chi connectivity index (χ1n) is 6.74. The fourth-order valence-electron chi connectivity index (χ4n) is 1.90. The van der Waals surface area contributed by atoms with E-state index in [9.17, 15) is 14.4 Å². The summed E-state index contributed by atoms with van der Waals surface area (Å²) in [6.45, 7) is 6.39. The molecule has 1 unspecified atom stereocenters. The molecule has 0 spiro atoms. The Morgan fingerprint density at radius 3 is 2.57 bits per heavy atom. The molecule has 1 saturated heterocycles. The number of morpholine rings is 1. The van der Waals surface area contributed by atoms with Crippen molar-refractivity contribution in [1.29, 1.82) is 0 Å². The summed E-state index contributed by atoms with van der Waals surface area (Å²) in [5.41, 5.74) is -0.433. The first-order valence-corrected chi connectivity index (χ1v) is 6.74. The van der Waals surface area contributed by atoms with E-state index >= 15 is 0 Å². The van der Waals surface area contributed by atoms with Crippen molar-refractivity contribution in [3.63, 3.8) is 0 Å². The van der Waals surface area contributed by atoms with E-state index in [1.807, 2.05) is 20.8 Å². The lowest BCUT2D eigenvalue weighted by Crippen LogP contribution is -2.55. The molecule has 2 N–H and O–H groups in total. The van der Waals surface area contributed by atoms with Crippen molar-refractivity contribution in [2.45, 2.75) is 32.4 Å². The predicted octanol–water partition coefficient (Wildman–Crippen LogP) is -0.515. The number of hydrogen-bond acceptors (Lipinski definition) is 6. The van der Waals surface area contributed by atoms with Gasteiger partial charge in [0.25, 0.3) is 0 Å². The summed E-state index contributed by atoms with van der Waals surface area (Å²) in [5, 5.41) is 4.86. The minimum absolute atomic E-state index is 0.0688. The van der Waals surface area contributed by atoms with Gasteiger partial charge in [0.2, 0.25) is 5.91 Å². The number of nitrogens with zero attached hydrogens (tertiary/aromatic N) is 1. The highest BCUT2D eigenvalue weighted by atomic mass is 16.5. The van der Waals surface area contributed by atoms with E-state index in [-0.39, 0.29) is 13.2 Å². The first-order chi connectivity index (χ1) is 9.73. The number of methoxy groups -OCH3 is 1. The SMILES string of the molecule is COC(=O)C1COCCN1CC(=O)NC(=O)NC(C)(C)C. The summed E-state index contributed by atoms with van der Waals surface area (Å²) in [6.07, 6.45) is 0. The summed E-state index contributed by atoms with van der Waals surface area (Å²) < 4.78 is 9.89. The van der Waals surface area contributed by atoms with E-state index in [1.54, 1.807) is 4.90 Å². The van der Waals surface area contributed by atoms with Crippen molar-refractivity contribution in [2.24, 2.45) is 0 Å². The molecule has 1 aliphatic rings. The number of urea groups is 1. The lowest BCUT2D eigenvalue weighted by molar-refractivity contribution is -0.153. The molecule has 1 heterocycles. The van der Waals surface area contributed by atoms with Gasteiger partial charge in [0.15, 0.2) is 0 Å². The normalized spacial score (nSPS) is 19.7. The minimum atomic E-state index is -0.625. The van der Waals surface area contributed by atoms with Gasteiger partial charge < -0.3 is 14.8 Å². The molecule has 1 fully saturated rings. The number of hydrogen-bond donors (Lipinski definition) is 2. The van der Waals surface area contributed by atoms with Crippen LogP contribution in [0.1, 0.15) is 20.8 Å². The highest BCUT2D eigenvalue weighted by Gasteiger charge is 2.31. The number of carbonyl (C=O) groups is 3. The lowest BCUT2D eigenvalue weighted by atomic mass is 10.1. The first kappa shape index (κ1) is 17.4. The van der Waals surface area contributed by atoms with Crippen LogP contribution in [0.5, 0.6) is 0 Å². The molecule has 0 aromatic heterocycles. The second-order valence-corrected chi connectivity index (χ2v) is 5.84. The van der Waals surface area contributed by atoms with Gasteiger partial charge in [-0.05, 0) is 20.8 Å². The van der Waals surface area contributed by atoms with Gasteiger partial charge in [0, 0.05) is 12.1 Å². The van der Waals surface area contributed by atoms with Crippen LogP contribution in [0.3, 0.4) is 0 Å². The second-order valence-electron chi connectivity index (χ2n) is 5.84. The Hall–Kier alpha value is -1.67. The van der Waals surface area contributed by atoms with Crippen LogP contribution in [0.4, 0.5) is 4.79 Å². The summed E-state index contributed by atoms with van der Waals surface area (Å²) in [5.74, 6) is -0.936. The number of imide groups is 1. The summed E-state index contributed by atoms with van der Waals surface area (Å²) >= 11 is 0. The Morgan fingerprint density at radius 2 is 2.00 bits per heavy atom. The molecule has 0 aliphatic carbocycles. The van der Waals surface area contributed by atoms with Gasteiger partial charge in [-0.25, -0.2) is 4.79 Å². The van der Waals surface area contributed by atoms with Crippen LogP contribution in [-0.4, -0.2) is 67.8 Å². The van der Waals surface area contributed by atoms with Crippen LogP contribution >= 0.6 is 0 Å². The number of rotatable bonds is 3. The molecular weight excluding hydrogens is 278 g/mol. The highest BCUT2D eigenvalue weighted by molar-refractivity contribution is 5.95. The molecule has 8 nitrogen and oxygen atoms in total. The molecule has 1 aliphatic heterocycles. The molecule has 8 heteroatoms. The van der Waals surface area contributed by atoms with Crippen molar-refractivity contribution in [2.75, 3.05) is 33.4 Å². The minimum Gasteiger partial charge on any atom is -0.468 e. The van der Waals surface area contributed by atoms with Gasteiger partial charge >= 0.3 is 12.0 Å². The fourth-order valence-corrected chi connectivity index (χ4v) is 1.90. The number of esters is 1. The molecule has 0 radical (unpaired) electrons. The van der Waals surface area contributed by atoms with Crippen molar-refractivity contribution >= 4 is 17.9 Å². The van der Waals surface area contributed by atoms with E-state index in [1.165, 1.54) is 7.11 Å². The van der Waals surface area contributed by atoms with Crippen LogP contribution < -0.4 is 10.6 Å². The Labute approximate surface area is 124 Å². The van der Waals surface area contributed by atoms with E-state index in [4.69, 9.17) is 4.74 Å². The quantitative estimate of drug-likeness (QED) is 0.681. The van der Waals surface area contributed by atoms with Gasteiger partial charge in [0.1, 0.15) is 6.04 Å². The summed E-state index contributed by atoms with van der Waals surface area (Å²) in [6, 6.07) is -1.18. The van der Waals surface area contributed by atoms with Gasteiger partial charge in [-0.1, -0.05) is 0 Å². The standard InChI is InChI=1S/C13H23N3O5/c1-13(2,3)15-12(19)14-10(17)7-16-5-6-21-8-9(16)11(18)20-4/h9H,5-8H2,1-4H3,(H2,14,15,17,19). The van der Waals surface area contributed by atoms with Gasteiger partial charge in [-0.3, -0.25) is 19.8 Å². The van der Waals surface area contributed by atoms with Crippen LogP contribution in [0.2, 0.25) is 0 Å². The molecule has 0 aromatic carbocycles. The molecular formula is C13H23N3O5. The zero-order valence-electron chi connectivity index (χ0n) is 12.9. The lowest BCUT2D eigenvalue weighted by Gasteiger charge is -2.32. The number of ether oxygens (including phenoxy) is 2. The highest BCUT2D eigenvalue weighted by Crippen LogP contribution is 2.08. The Bertz CT molecular complexity index is 405. The van der Waals surface area contributed by atoms with E-state index in [0.29, 0.717) is 13.2 Å². The third-order valence-electron chi connectivity index (χ3n) is 2.80. The van der Waals surface area contributed by atoms with Gasteiger partial charge in [-0.15, -0.1) is 0 Å². The predicted molar refractivity (Wildman–Crippen MR) is 74.6 cm³/mol. The van der Waals surface area contributed by atoms with E-state index < -0.39 is 29.5 Å². The maximum atomic E-state index is 11.9. The number of nitrogens with one attached hydrogen (secondary N) is 2. The van der Waals surface area contributed by atoms with Crippen LogP contribution in [0.15, 0.2) is 0 Å². The van der Waals surface area contributed by atoms with E-state index in [0.717, 1.165) is 0 Å². The monoisotopic (exact) mass is 301 g/mol. The number of carbonyl (C=O) groups excluding carboxylic acids is 3. The third kappa shape index (κ3) is 6.09. The molecule has 3 amide bonds.